The molecular formula is C22H26F2N8O2. The molecule has 180 valence electrons. The monoisotopic (exact) mass is 472 g/mol. The maximum atomic E-state index is 14.7. The van der Waals surface area contributed by atoms with Crippen LogP contribution in [0.25, 0.3) is 5.65 Å². The molecule has 2 aliphatic rings. The second-order valence-electron chi connectivity index (χ2n) is 8.88. The number of anilines is 3. The molecule has 10 nitrogen and oxygen atoms in total. The lowest BCUT2D eigenvalue weighted by atomic mass is 10.0. The lowest BCUT2D eigenvalue weighted by Gasteiger charge is -2.37. The number of piperidine rings is 1. The zero-order valence-electron chi connectivity index (χ0n) is 18.9. The SMILES string of the molecule is CNc1cc(Nc2cccn([C@@H]3CCN(C)CC3(F)F)c2=O)nc2c(C(=O)NC3CC3)cnn12. The number of likely N-dealkylation sites (tertiary alicyclic amines) is 1. The van der Waals surface area contributed by atoms with Crippen molar-refractivity contribution in [3.8, 4) is 0 Å². The standard InChI is InChI=1S/C22H26F2N8O2/c1-25-18-10-17(29-19-14(11-26-32(18)19)20(33)27-13-5-6-13)28-15-4-3-8-31(21(15)34)16-7-9-30(2)12-22(16,23)24/h3-4,8,10-11,13,16,25H,5-7,9,12H2,1-2H3,(H,27,33)(H,28,29)/t16-/m1/s1. The van der Waals surface area contributed by atoms with Gasteiger partial charge in [-0.1, -0.05) is 0 Å². The first-order chi connectivity index (χ1) is 16.3. The van der Waals surface area contributed by atoms with Crippen molar-refractivity contribution >= 4 is 28.9 Å². The molecule has 1 saturated carbocycles. The summed E-state index contributed by atoms with van der Waals surface area (Å²) in [5, 5.41) is 13.1. The van der Waals surface area contributed by atoms with Gasteiger partial charge in [0, 0.05) is 31.9 Å². The Hall–Kier alpha value is -3.54. The number of halogens is 2. The summed E-state index contributed by atoms with van der Waals surface area (Å²) < 4.78 is 32.0. The first-order valence-corrected chi connectivity index (χ1v) is 11.2. The summed E-state index contributed by atoms with van der Waals surface area (Å²) in [7, 11) is 3.34. The number of hydrogen-bond donors (Lipinski definition) is 3. The van der Waals surface area contributed by atoms with Crippen LogP contribution in [0.15, 0.2) is 35.4 Å². The van der Waals surface area contributed by atoms with E-state index >= 15 is 0 Å². The molecule has 0 radical (unpaired) electrons. The van der Waals surface area contributed by atoms with E-state index in [1.165, 1.54) is 23.0 Å². The molecule has 0 bridgehead atoms. The van der Waals surface area contributed by atoms with Crippen molar-refractivity contribution < 1.29 is 13.6 Å². The average molecular weight is 473 g/mol. The lowest BCUT2D eigenvalue weighted by molar-refractivity contribution is -0.0988. The van der Waals surface area contributed by atoms with Gasteiger partial charge in [0.2, 0.25) is 0 Å². The highest BCUT2D eigenvalue weighted by molar-refractivity contribution is 6.00. The molecule has 1 aliphatic heterocycles. The number of hydrogen-bond acceptors (Lipinski definition) is 7. The summed E-state index contributed by atoms with van der Waals surface area (Å²) >= 11 is 0. The highest BCUT2D eigenvalue weighted by atomic mass is 19.3. The molecule has 1 aliphatic carbocycles. The summed E-state index contributed by atoms with van der Waals surface area (Å²) in [5.41, 5.74) is 0.165. The van der Waals surface area contributed by atoms with Crippen LogP contribution in [-0.4, -0.2) is 69.1 Å². The first-order valence-electron chi connectivity index (χ1n) is 11.2. The van der Waals surface area contributed by atoms with Crippen molar-refractivity contribution in [2.75, 3.05) is 37.8 Å². The molecule has 2 fully saturated rings. The maximum Gasteiger partial charge on any atom is 0.280 e. The zero-order valence-corrected chi connectivity index (χ0v) is 18.9. The van der Waals surface area contributed by atoms with E-state index in [0.29, 0.717) is 23.6 Å². The summed E-state index contributed by atoms with van der Waals surface area (Å²) in [4.78, 5) is 31.8. The summed E-state index contributed by atoms with van der Waals surface area (Å²) in [6.07, 6.45) is 4.90. The normalized spacial score (nSPS) is 20.3. The van der Waals surface area contributed by atoms with Crippen molar-refractivity contribution in [1.82, 2.24) is 29.4 Å². The first kappa shape index (κ1) is 22.3. The number of rotatable bonds is 6. The molecule has 0 spiro atoms. The minimum absolute atomic E-state index is 0.111. The van der Waals surface area contributed by atoms with E-state index in [4.69, 9.17) is 0 Å². The Balaban J connectivity index is 1.49. The Morgan fingerprint density at radius 2 is 2.06 bits per heavy atom. The Morgan fingerprint density at radius 3 is 2.76 bits per heavy atom. The van der Waals surface area contributed by atoms with Crippen LogP contribution in [0.1, 0.15) is 35.7 Å². The van der Waals surface area contributed by atoms with Gasteiger partial charge in [-0.15, -0.1) is 0 Å². The van der Waals surface area contributed by atoms with Crippen LogP contribution in [0.2, 0.25) is 0 Å². The van der Waals surface area contributed by atoms with E-state index < -0.39 is 24.1 Å². The van der Waals surface area contributed by atoms with E-state index in [-0.39, 0.29) is 29.9 Å². The number of fused-ring (bicyclic) bond motifs is 1. The van der Waals surface area contributed by atoms with Gasteiger partial charge in [-0.3, -0.25) is 9.59 Å². The zero-order chi connectivity index (χ0) is 24.0. The van der Waals surface area contributed by atoms with Crippen molar-refractivity contribution in [3.05, 3.63) is 46.5 Å². The minimum Gasteiger partial charge on any atom is -0.373 e. The third kappa shape index (κ3) is 4.09. The van der Waals surface area contributed by atoms with Crippen LogP contribution in [0.3, 0.4) is 0 Å². The average Bonchev–Trinajstić information content (AvgIpc) is 3.49. The lowest BCUT2D eigenvalue weighted by Crippen LogP contribution is -2.49. The molecule has 3 aromatic rings. The Labute approximate surface area is 194 Å². The van der Waals surface area contributed by atoms with Crippen molar-refractivity contribution in [2.24, 2.45) is 0 Å². The third-order valence-electron chi connectivity index (χ3n) is 6.21. The molecular weight excluding hydrogens is 446 g/mol. The second kappa shape index (κ2) is 8.35. The van der Waals surface area contributed by atoms with Crippen molar-refractivity contribution in [2.45, 2.75) is 37.3 Å². The van der Waals surface area contributed by atoms with Gasteiger partial charge in [-0.25, -0.2) is 13.8 Å². The molecule has 4 heterocycles. The number of nitrogens with zero attached hydrogens (tertiary/aromatic N) is 5. The Bertz CT molecular complexity index is 1300. The maximum absolute atomic E-state index is 14.7. The number of carbonyl (C=O) groups excluding carboxylic acids is 1. The molecule has 12 heteroatoms. The molecule has 1 saturated heterocycles. The number of alkyl halides is 2. The number of carbonyl (C=O) groups is 1. The van der Waals surface area contributed by atoms with Gasteiger partial charge in [0.05, 0.1) is 12.7 Å². The summed E-state index contributed by atoms with van der Waals surface area (Å²) in [5.74, 6) is -2.48. The fourth-order valence-corrected chi connectivity index (χ4v) is 4.29. The quantitative estimate of drug-likeness (QED) is 0.504. The van der Waals surface area contributed by atoms with Crippen LogP contribution < -0.4 is 21.5 Å². The van der Waals surface area contributed by atoms with E-state index in [1.54, 1.807) is 31.1 Å². The largest absolute Gasteiger partial charge is 0.373 e. The number of aromatic nitrogens is 4. The molecule has 0 aromatic carbocycles. The molecule has 3 aromatic heterocycles. The second-order valence-corrected chi connectivity index (χ2v) is 8.88. The van der Waals surface area contributed by atoms with E-state index in [0.717, 1.165) is 17.4 Å². The van der Waals surface area contributed by atoms with Gasteiger partial charge in [0.1, 0.15) is 28.9 Å². The third-order valence-corrected chi connectivity index (χ3v) is 6.21. The predicted molar refractivity (Wildman–Crippen MR) is 123 cm³/mol. The minimum atomic E-state index is -3.03. The predicted octanol–water partition coefficient (Wildman–Crippen LogP) is 2.08. The Kier molecular flexibility index (Phi) is 5.47. The van der Waals surface area contributed by atoms with E-state index in [1.807, 2.05) is 0 Å². The van der Waals surface area contributed by atoms with Crippen LogP contribution >= 0.6 is 0 Å². The van der Waals surface area contributed by atoms with Gasteiger partial charge in [-0.2, -0.15) is 9.61 Å². The Morgan fingerprint density at radius 1 is 1.26 bits per heavy atom. The van der Waals surface area contributed by atoms with Gasteiger partial charge < -0.3 is 25.4 Å². The molecule has 1 amide bonds. The van der Waals surface area contributed by atoms with Crippen molar-refractivity contribution in [3.63, 3.8) is 0 Å². The van der Waals surface area contributed by atoms with Crippen LogP contribution in [0, 0.1) is 0 Å². The molecule has 3 N–H and O–H groups in total. The topological polar surface area (TPSA) is 109 Å². The van der Waals surface area contributed by atoms with Crippen LogP contribution in [-0.2, 0) is 0 Å². The fourth-order valence-electron chi connectivity index (χ4n) is 4.29. The highest BCUT2D eigenvalue weighted by Crippen LogP contribution is 2.35. The van der Waals surface area contributed by atoms with Gasteiger partial charge in [0.25, 0.3) is 17.4 Å². The van der Waals surface area contributed by atoms with Crippen LogP contribution in [0.5, 0.6) is 0 Å². The van der Waals surface area contributed by atoms with Gasteiger partial charge in [-0.05, 0) is 38.4 Å². The van der Waals surface area contributed by atoms with Gasteiger partial charge >= 0.3 is 0 Å². The van der Waals surface area contributed by atoms with E-state index in [2.05, 4.69) is 26.0 Å². The van der Waals surface area contributed by atoms with E-state index in [9.17, 15) is 18.4 Å². The van der Waals surface area contributed by atoms with Gasteiger partial charge in [0.15, 0.2) is 5.65 Å². The molecule has 5 rings (SSSR count). The number of amides is 1. The number of nitrogens with one attached hydrogen (secondary N) is 3. The summed E-state index contributed by atoms with van der Waals surface area (Å²) in [6, 6.07) is 3.65. The van der Waals surface area contributed by atoms with Crippen LogP contribution in [0.4, 0.5) is 26.1 Å². The highest BCUT2D eigenvalue weighted by Gasteiger charge is 2.45. The molecule has 34 heavy (non-hydrogen) atoms. The molecule has 1 atom stereocenters. The molecule has 0 unspecified atom stereocenters. The van der Waals surface area contributed by atoms with Crippen molar-refractivity contribution in [1.29, 1.82) is 0 Å². The number of pyridine rings is 1. The smallest absolute Gasteiger partial charge is 0.280 e. The fraction of sp³-hybridized carbons (Fsp3) is 0.455. The summed E-state index contributed by atoms with van der Waals surface area (Å²) in [6.45, 7) is 0.0689.